The highest BCUT2D eigenvalue weighted by atomic mass is 79.9. The van der Waals surface area contributed by atoms with Crippen molar-refractivity contribution in [3.05, 3.63) is 23.5 Å². The fourth-order valence-corrected chi connectivity index (χ4v) is 1.74. The minimum absolute atomic E-state index is 0.0557. The SMILES string of the molecule is N=C(Br)/C(=C\NC(F)F)C(O)C(C=NCC1CC1)=CN. The largest absolute Gasteiger partial charge is 0.404 e. The molecular weight excluding hydrogens is 334 g/mol. The van der Waals surface area contributed by atoms with E-state index in [1.807, 2.05) is 0 Å². The number of aliphatic hydroxyl groups is 1. The topological polar surface area (TPSA) is 94.5 Å². The van der Waals surface area contributed by atoms with Gasteiger partial charge in [-0.25, -0.2) is 0 Å². The van der Waals surface area contributed by atoms with Crippen molar-refractivity contribution in [1.29, 1.82) is 5.41 Å². The molecule has 0 aromatic rings. The van der Waals surface area contributed by atoms with Gasteiger partial charge in [-0.15, -0.1) is 0 Å². The van der Waals surface area contributed by atoms with Crippen LogP contribution in [0.5, 0.6) is 0 Å². The summed E-state index contributed by atoms with van der Waals surface area (Å²) in [6.07, 6.45) is 4.43. The van der Waals surface area contributed by atoms with Crippen LogP contribution in [0.15, 0.2) is 28.5 Å². The summed E-state index contributed by atoms with van der Waals surface area (Å²) in [4.78, 5) is 4.15. The molecule has 1 aliphatic rings. The molecule has 0 amide bonds. The summed E-state index contributed by atoms with van der Waals surface area (Å²) in [7, 11) is 0. The summed E-state index contributed by atoms with van der Waals surface area (Å²) in [6, 6.07) is 0. The van der Waals surface area contributed by atoms with Crippen molar-refractivity contribution in [2.75, 3.05) is 6.54 Å². The molecule has 1 unspecified atom stereocenters. The van der Waals surface area contributed by atoms with E-state index in [0.29, 0.717) is 12.5 Å². The predicted molar refractivity (Wildman–Crippen MR) is 78.2 cm³/mol. The summed E-state index contributed by atoms with van der Waals surface area (Å²) < 4.78 is 24.0. The van der Waals surface area contributed by atoms with Crippen LogP contribution in [-0.4, -0.2) is 35.1 Å². The number of aliphatic imine (C=N–C) groups is 1. The van der Waals surface area contributed by atoms with Crippen LogP contribution in [0.4, 0.5) is 8.78 Å². The number of nitrogens with zero attached hydrogens (tertiary/aromatic N) is 1. The van der Waals surface area contributed by atoms with Crippen LogP contribution in [0.2, 0.25) is 0 Å². The van der Waals surface area contributed by atoms with E-state index in [9.17, 15) is 13.9 Å². The Balaban J connectivity index is 2.74. The van der Waals surface area contributed by atoms with Crippen molar-refractivity contribution in [2.24, 2.45) is 16.6 Å². The molecule has 0 spiro atoms. The number of rotatable bonds is 8. The Labute approximate surface area is 124 Å². The van der Waals surface area contributed by atoms with Crippen molar-refractivity contribution < 1.29 is 13.9 Å². The Kier molecular flexibility index (Phi) is 6.80. The van der Waals surface area contributed by atoms with Gasteiger partial charge in [-0.05, 0) is 34.7 Å². The average Bonchev–Trinajstić information content (AvgIpc) is 3.17. The van der Waals surface area contributed by atoms with Gasteiger partial charge in [0, 0.05) is 36.3 Å². The van der Waals surface area contributed by atoms with Gasteiger partial charge in [0.2, 0.25) is 0 Å². The molecule has 5 nitrogen and oxygen atoms in total. The molecule has 0 heterocycles. The molecule has 1 fully saturated rings. The lowest BCUT2D eigenvalue weighted by Crippen LogP contribution is -2.23. The summed E-state index contributed by atoms with van der Waals surface area (Å²) in [5.41, 5.74) is 5.60. The van der Waals surface area contributed by atoms with Gasteiger partial charge in [-0.3, -0.25) is 10.4 Å². The number of nitrogens with two attached hydrogens (primary N) is 1. The third-order valence-electron chi connectivity index (χ3n) is 2.72. The van der Waals surface area contributed by atoms with Crippen molar-refractivity contribution in [1.82, 2.24) is 5.32 Å². The first-order chi connectivity index (χ1) is 9.45. The lowest BCUT2D eigenvalue weighted by atomic mass is 10.0. The highest BCUT2D eigenvalue weighted by Gasteiger charge is 2.21. The van der Waals surface area contributed by atoms with E-state index in [1.54, 1.807) is 5.32 Å². The fraction of sp³-hybridized carbons (Fsp3) is 0.500. The van der Waals surface area contributed by atoms with E-state index < -0.39 is 12.7 Å². The van der Waals surface area contributed by atoms with E-state index in [0.717, 1.165) is 25.2 Å². The van der Waals surface area contributed by atoms with Crippen LogP contribution < -0.4 is 11.1 Å². The van der Waals surface area contributed by atoms with E-state index in [2.05, 4.69) is 20.9 Å². The minimum Gasteiger partial charge on any atom is -0.404 e. The van der Waals surface area contributed by atoms with Gasteiger partial charge in [0.1, 0.15) is 10.7 Å². The summed E-state index contributed by atoms with van der Waals surface area (Å²) in [5, 5.41) is 19.2. The molecule has 1 atom stereocenters. The maximum atomic E-state index is 12.1. The molecular formula is C12H17BrF2N4O. The number of aliphatic hydroxyl groups excluding tert-OH is 1. The van der Waals surface area contributed by atoms with E-state index in [4.69, 9.17) is 11.1 Å². The predicted octanol–water partition coefficient (Wildman–Crippen LogP) is 1.74. The van der Waals surface area contributed by atoms with Crippen molar-refractivity contribution in [3.8, 4) is 0 Å². The maximum absolute atomic E-state index is 12.1. The number of nitrogens with one attached hydrogen (secondary N) is 2. The number of halogens is 3. The number of hydrogen-bond donors (Lipinski definition) is 4. The van der Waals surface area contributed by atoms with E-state index in [1.165, 1.54) is 6.21 Å². The highest BCUT2D eigenvalue weighted by Crippen LogP contribution is 2.28. The smallest absolute Gasteiger partial charge is 0.312 e. The molecule has 1 aliphatic carbocycles. The minimum atomic E-state index is -2.78. The van der Waals surface area contributed by atoms with E-state index >= 15 is 0 Å². The summed E-state index contributed by atoms with van der Waals surface area (Å²) in [6.45, 7) is -2.12. The first-order valence-corrected chi connectivity index (χ1v) is 6.83. The van der Waals surface area contributed by atoms with Crippen LogP contribution in [0.3, 0.4) is 0 Å². The fourth-order valence-electron chi connectivity index (χ4n) is 1.41. The molecule has 5 N–H and O–H groups in total. The molecule has 1 saturated carbocycles. The van der Waals surface area contributed by atoms with Gasteiger partial charge in [0.05, 0.1) is 0 Å². The zero-order valence-electron chi connectivity index (χ0n) is 10.7. The number of hydrogen-bond acceptors (Lipinski definition) is 5. The molecule has 0 bridgehead atoms. The van der Waals surface area contributed by atoms with Gasteiger partial charge in [-0.2, -0.15) is 8.78 Å². The first kappa shape index (κ1) is 16.8. The number of alkyl halides is 2. The summed E-state index contributed by atoms with van der Waals surface area (Å²) in [5.74, 6) is 0.590. The van der Waals surface area contributed by atoms with Gasteiger partial charge in [0.25, 0.3) is 0 Å². The third kappa shape index (κ3) is 5.79. The lowest BCUT2D eigenvalue weighted by Gasteiger charge is -2.14. The standard InChI is InChI=1S/C12H17BrF2N4O/c13-11(17)9(6-19-12(14)15)10(20)8(3-16)5-18-4-7-1-2-7/h3,5-7,10,12,17,19-20H,1-2,4,16H2/b8-3?,9-6-,17-11?,18-5?. The van der Waals surface area contributed by atoms with Crippen LogP contribution >= 0.6 is 15.9 Å². The van der Waals surface area contributed by atoms with Gasteiger partial charge in [0.15, 0.2) is 0 Å². The third-order valence-corrected chi connectivity index (χ3v) is 3.18. The van der Waals surface area contributed by atoms with Crippen LogP contribution in [0.25, 0.3) is 0 Å². The Morgan fingerprint density at radius 3 is 2.65 bits per heavy atom. The highest BCUT2D eigenvalue weighted by molar-refractivity contribution is 9.18. The summed E-state index contributed by atoms with van der Waals surface area (Å²) >= 11 is 2.85. The van der Waals surface area contributed by atoms with Crippen LogP contribution in [0, 0.1) is 11.3 Å². The van der Waals surface area contributed by atoms with Gasteiger partial charge in [-0.1, -0.05) is 0 Å². The van der Waals surface area contributed by atoms with Crippen molar-refractivity contribution >= 4 is 26.8 Å². The van der Waals surface area contributed by atoms with Crippen molar-refractivity contribution in [2.45, 2.75) is 25.5 Å². The molecule has 20 heavy (non-hydrogen) atoms. The second-order valence-corrected chi connectivity index (χ2v) is 5.18. The zero-order chi connectivity index (χ0) is 15.1. The van der Waals surface area contributed by atoms with Gasteiger partial charge < -0.3 is 16.2 Å². The monoisotopic (exact) mass is 350 g/mol. The Morgan fingerprint density at radius 1 is 1.55 bits per heavy atom. The molecule has 1 rings (SSSR count). The molecule has 112 valence electrons. The Hall–Kier alpha value is -1.28. The Morgan fingerprint density at radius 2 is 2.20 bits per heavy atom. The normalized spacial score (nSPS) is 18.6. The van der Waals surface area contributed by atoms with E-state index in [-0.39, 0.29) is 15.8 Å². The quantitative estimate of drug-likeness (QED) is 0.396. The molecule has 0 aliphatic heterocycles. The van der Waals surface area contributed by atoms with Crippen LogP contribution in [-0.2, 0) is 0 Å². The molecule has 0 saturated heterocycles. The molecule has 0 aromatic heterocycles. The Bertz CT molecular complexity index is 433. The second kappa shape index (κ2) is 8.11. The van der Waals surface area contributed by atoms with Crippen LogP contribution in [0.1, 0.15) is 12.8 Å². The molecule has 8 heteroatoms. The molecule has 0 radical (unpaired) electrons. The lowest BCUT2D eigenvalue weighted by molar-refractivity contribution is 0.124. The molecule has 0 aromatic carbocycles. The maximum Gasteiger partial charge on any atom is 0.312 e. The zero-order valence-corrected chi connectivity index (χ0v) is 12.3. The first-order valence-electron chi connectivity index (χ1n) is 6.04. The van der Waals surface area contributed by atoms with Crippen molar-refractivity contribution in [3.63, 3.8) is 0 Å². The second-order valence-electron chi connectivity index (χ2n) is 4.39. The van der Waals surface area contributed by atoms with Gasteiger partial charge >= 0.3 is 6.55 Å². The average molecular weight is 351 g/mol.